The van der Waals surface area contributed by atoms with Gasteiger partial charge in [-0.15, -0.1) is 11.3 Å². The molecule has 36 heavy (non-hydrogen) atoms. The van der Waals surface area contributed by atoms with Crippen molar-refractivity contribution in [3.05, 3.63) is 73.8 Å². The van der Waals surface area contributed by atoms with Crippen molar-refractivity contribution in [1.82, 2.24) is 14.5 Å². The Morgan fingerprint density at radius 3 is 2.67 bits per heavy atom. The number of amides is 1. The summed E-state index contributed by atoms with van der Waals surface area (Å²) < 4.78 is 8.14. The zero-order valence-corrected chi connectivity index (χ0v) is 23.1. The van der Waals surface area contributed by atoms with Crippen molar-refractivity contribution in [2.24, 2.45) is 0 Å². The number of anilines is 1. The van der Waals surface area contributed by atoms with E-state index in [4.69, 9.17) is 9.72 Å². The maximum atomic E-state index is 13.9. The molecule has 7 nitrogen and oxygen atoms in total. The summed E-state index contributed by atoms with van der Waals surface area (Å²) in [5, 5.41) is 4.09. The van der Waals surface area contributed by atoms with Gasteiger partial charge in [0.05, 0.1) is 23.4 Å². The molecule has 0 aliphatic carbocycles. The van der Waals surface area contributed by atoms with Gasteiger partial charge >= 0.3 is 0 Å². The van der Waals surface area contributed by atoms with Gasteiger partial charge in [-0.25, -0.2) is 4.98 Å². The molecule has 0 spiro atoms. The van der Waals surface area contributed by atoms with Crippen molar-refractivity contribution in [3.63, 3.8) is 0 Å². The van der Waals surface area contributed by atoms with Crippen LogP contribution in [0.5, 0.6) is 5.75 Å². The van der Waals surface area contributed by atoms with E-state index in [1.807, 2.05) is 55.5 Å². The molecule has 0 radical (unpaired) electrons. The molecule has 3 heterocycles. The van der Waals surface area contributed by atoms with Gasteiger partial charge in [0.1, 0.15) is 10.6 Å². The Kier molecular flexibility index (Phi) is 7.47. The number of halogens is 1. The summed E-state index contributed by atoms with van der Waals surface area (Å²) in [6, 6.07) is 14.8. The molecule has 10 heteroatoms. The number of benzene rings is 2. The second kappa shape index (κ2) is 10.8. The number of fused-ring (bicyclic) bond motifs is 3. The molecule has 0 saturated carbocycles. The molecule has 186 valence electrons. The Hall–Kier alpha value is -2.66. The van der Waals surface area contributed by atoms with Crippen molar-refractivity contribution >= 4 is 60.8 Å². The van der Waals surface area contributed by atoms with Gasteiger partial charge in [-0.05, 0) is 74.5 Å². The Bertz CT molecular complexity index is 1470. The molecular formula is C26H25BrN4O3S2. The highest BCUT2D eigenvalue weighted by Crippen LogP contribution is 2.34. The van der Waals surface area contributed by atoms with Crippen LogP contribution in [0.1, 0.15) is 17.4 Å². The fourth-order valence-corrected chi connectivity index (χ4v) is 6.61. The normalized spacial score (nSPS) is 13.5. The minimum absolute atomic E-state index is 0.0953. The molecule has 1 aliphatic rings. The van der Waals surface area contributed by atoms with E-state index < -0.39 is 0 Å². The largest absolute Gasteiger partial charge is 0.494 e. The van der Waals surface area contributed by atoms with Crippen molar-refractivity contribution in [3.8, 4) is 11.4 Å². The highest BCUT2D eigenvalue weighted by Gasteiger charge is 2.24. The SMILES string of the molecule is CCOc1ccc(-n2c(SCC(=O)Nc3ccc(Br)cc3)nc3sc4c(c3c2=O)CCN(C)C4)cc1. The van der Waals surface area contributed by atoms with E-state index >= 15 is 0 Å². The third-order valence-corrected chi connectivity index (χ3v) is 8.48. The van der Waals surface area contributed by atoms with E-state index in [9.17, 15) is 9.59 Å². The number of aromatic nitrogens is 2. The minimum Gasteiger partial charge on any atom is -0.494 e. The number of thiophene rings is 1. The first-order chi connectivity index (χ1) is 17.4. The second-order valence-electron chi connectivity index (χ2n) is 8.48. The van der Waals surface area contributed by atoms with Crippen molar-refractivity contribution in [2.45, 2.75) is 25.0 Å². The molecule has 0 bridgehead atoms. The van der Waals surface area contributed by atoms with E-state index in [-0.39, 0.29) is 17.2 Å². The number of nitrogens with zero attached hydrogens (tertiary/aromatic N) is 3. The summed E-state index contributed by atoms with van der Waals surface area (Å²) in [6.45, 7) is 4.23. The number of ether oxygens (including phenoxy) is 1. The summed E-state index contributed by atoms with van der Waals surface area (Å²) in [4.78, 5) is 35.7. The molecule has 1 amide bonds. The number of rotatable bonds is 7. The van der Waals surface area contributed by atoms with Crippen molar-refractivity contribution in [2.75, 3.05) is 31.3 Å². The zero-order valence-electron chi connectivity index (χ0n) is 19.9. The van der Waals surface area contributed by atoms with Crippen LogP contribution in [0.4, 0.5) is 5.69 Å². The highest BCUT2D eigenvalue weighted by molar-refractivity contribution is 9.10. The maximum Gasteiger partial charge on any atom is 0.267 e. The van der Waals surface area contributed by atoms with Crippen LogP contribution in [0, 0.1) is 0 Å². The van der Waals surface area contributed by atoms with Crippen molar-refractivity contribution in [1.29, 1.82) is 0 Å². The number of carbonyl (C=O) groups excluding carboxylic acids is 1. The number of hydrogen-bond acceptors (Lipinski definition) is 7. The third kappa shape index (κ3) is 5.22. The molecule has 0 atom stereocenters. The maximum absolute atomic E-state index is 13.9. The first kappa shape index (κ1) is 25.0. The monoisotopic (exact) mass is 584 g/mol. The van der Waals surface area contributed by atoms with Crippen LogP contribution in [0.25, 0.3) is 15.9 Å². The van der Waals surface area contributed by atoms with E-state index in [2.05, 4.69) is 33.2 Å². The van der Waals surface area contributed by atoms with E-state index in [1.54, 1.807) is 15.9 Å². The van der Waals surface area contributed by atoms with Crippen LogP contribution in [0.3, 0.4) is 0 Å². The summed E-state index contributed by atoms with van der Waals surface area (Å²) in [5.74, 6) is 0.697. The van der Waals surface area contributed by atoms with Gasteiger partial charge in [0.2, 0.25) is 5.91 Å². The second-order valence-corrected chi connectivity index (χ2v) is 11.4. The van der Waals surface area contributed by atoms with E-state index in [0.29, 0.717) is 28.5 Å². The number of likely N-dealkylation sites (N-methyl/N-ethyl adjacent to an activating group) is 1. The number of hydrogen-bond donors (Lipinski definition) is 1. The Labute approximate surface area is 225 Å². The standard InChI is InChI=1S/C26H25BrN4O3S2/c1-3-34-19-10-8-18(9-11-19)31-25(33)23-20-12-13-30(2)14-21(20)36-24(23)29-26(31)35-15-22(32)28-17-6-4-16(27)5-7-17/h4-11H,3,12-15H2,1-2H3,(H,28,32). The lowest BCUT2D eigenvalue weighted by molar-refractivity contribution is -0.113. The van der Waals surface area contributed by atoms with Crippen molar-refractivity contribution < 1.29 is 9.53 Å². The number of thioether (sulfide) groups is 1. The molecule has 0 fully saturated rings. The van der Waals surface area contributed by atoms with Gasteiger partial charge in [0, 0.05) is 28.1 Å². The van der Waals surface area contributed by atoms with Gasteiger partial charge in [-0.3, -0.25) is 14.2 Å². The van der Waals surface area contributed by atoms with Crippen LogP contribution in [-0.4, -0.2) is 46.3 Å². The lowest BCUT2D eigenvalue weighted by Crippen LogP contribution is -2.27. The van der Waals surface area contributed by atoms with Gasteiger partial charge in [0.15, 0.2) is 5.16 Å². The van der Waals surface area contributed by atoms with Gasteiger partial charge < -0.3 is 15.0 Å². The van der Waals surface area contributed by atoms with Crippen LogP contribution in [0.15, 0.2) is 63.0 Å². The molecule has 5 rings (SSSR count). The summed E-state index contributed by atoms with van der Waals surface area (Å²) in [5.41, 5.74) is 2.42. The lowest BCUT2D eigenvalue weighted by atomic mass is 10.1. The molecule has 2 aromatic heterocycles. The smallest absolute Gasteiger partial charge is 0.267 e. The number of carbonyl (C=O) groups is 1. The van der Waals surface area contributed by atoms with E-state index in [0.717, 1.165) is 40.1 Å². The summed E-state index contributed by atoms with van der Waals surface area (Å²) in [7, 11) is 2.09. The van der Waals surface area contributed by atoms with Crippen LogP contribution in [-0.2, 0) is 17.8 Å². The molecule has 1 aliphatic heterocycles. The molecule has 4 aromatic rings. The first-order valence-corrected chi connectivity index (χ1v) is 14.2. The Balaban J connectivity index is 1.51. The zero-order chi connectivity index (χ0) is 25.2. The molecule has 2 aromatic carbocycles. The van der Waals surface area contributed by atoms with Crippen LogP contribution in [0.2, 0.25) is 0 Å². The average Bonchev–Trinajstić information content (AvgIpc) is 3.22. The molecular weight excluding hydrogens is 560 g/mol. The molecule has 0 unspecified atom stereocenters. The molecule has 1 N–H and O–H groups in total. The lowest BCUT2D eigenvalue weighted by Gasteiger charge is -2.21. The Morgan fingerprint density at radius 2 is 1.94 bits per heavy atom. The van der Waals surface area contributed by atoms with E-state index in [1.165, 1.54) is 16.6 Å². The van der Waals surface area contributed by atoms with Gasteiger partial charge in [-0.1, -0.05) is 27.7 Å². The average molecular weight is 586 g/mol. The fourth-order valence-electron chi connectivity index (χ4n) is 4.19. The first-order valence-electron chi connectivity index (χ1n) is 11.6. The Morgan fingerprint density at radius 1 is 1.19 bits per heavy atom. The predicted molar refractivity (Wildman–Crippen MR) is 150 cm³/mol. The molecule has 0 saturated heterocycles. The quantitative estimate of drug-likeness (QED) is 0.234. The predicted octanol–water partition coefficient (Wildman–Crippen LogP) is 5.33. The van der Waals surface area contributed by atoms with Crippen LogP contribution >= 0.6 is 39.0 Å². The van der Waals surface area contributed by atoms with Gasteiger partial charge in [0.25, 0.3) is 5.56 Å². The highest BCUT2D eigenvalue weighted by atomic mass is 79.9. The fraction of sp³-hybridized carbons (Fsp3) is 0.269. The third-order valence-electron chi connectivity index (χ3n) is 5.90. The topological polar surface area (TPSA) is 76.5 Å². The van der Waals surface area contributed by atoms with Crippen LogP contribution < -0.4 is 15.6 Å². The summed E-state index contributed by atoms with van der Waals surface area (Å²) in [6.07, 6.45) is 0.827. The number of nitrogens with one attached hydrogen (secondary N) is 1. The minimum atomic E-state index is -0.165. The van der Waals surface area contributed by atoms with Gasteiger partial charge in [-0.2, -0.15) is 0 Å². The summed E-state index contributed by atoms with van der Waals surface area (Å²) >= 11 is 6.24.